The molecule has 0 radical (unpaired) electrons. The van der Waals surface area contributed by atoms with Crippen LogP contribution in [0, 0.1) is 0 Å². The highest BCUT2D eigenvalue weighted by atomic mass is 32.1. The molecule has 0 aliphatic heterocycles. The lowest BCUT2D eigenvalue weighted by molar-refractivity contribution is 0.613. The lowest BCUT2D eigenvalue weighted by Gasteiger charge is -2.10. The number of hydrogen-bond acceptors (Lipinski definition) is 4. The van der Waals surface area contributed by atoms with E-state index in [4.69, 9.17) is 5.73 Å². The number of nitrogens with one attached hydrogen (secondary N) is 1. The van der Waals surface area contributed by atoms with Crippen LogP contribution in [-0.4, -0.2) is 11.5 Å². The molecule has 0 saturated carbocycles. The monoisotopic (exact) mass is 247 g/mol. The predicted octanol–water partition coefficient (Wildman–Crippen LogP) is 2.62. The van der Waals surface area contributed by atoms with Crippen LogP contribution in [0.1, 0.15) is 23.4 Å². The third-order valence-electron chi connectivity index (χ3n) is 2.60. The zero-order valence-electron chi connectivity index (χ0n) is 9.89. The fraction of sp³-hybridized carbons (Fsp3) is 0.308. The molecule has 1 heterocycles. The van der Waals surface area contributed by atoms with Gasteiger partial charge in [0.25, 0.3) is 0 Å². The van der Waals surface area contributed by atoms with Crippen LogP contribution in [0.25, 0.3) is 0 Å². The highest BCUT2D eigenvalue weighted by molar-refractivity contribution is 7.09. The molecule has 0 aliphatic carbocycles. The van der Waals surface area contributed by atoms with Crippen LogP contribution in [-0.2, 0) is 6.54 Å². The molecule has 0 aliphatic rings. The Balaban J connectivity index is 1.80. The van der Waals surface area contributed by atoms with E-state index in [9.17, 15) is 0 Å². The van der Waals surface area contributed by atoms with Crippen molar-refractivity contribution in [2.75, 3.05) is 12.3 Å². The first-order valence-corrected chi connectivity index (χ1v) is 6.58. The largest absolute Gasteiger partial charge is 0.399 e. The second-order valence-electron chi connectivity index (χ2n) is 4.15. The van der Waals surface area contributed by atoms with Gasteiger partial charge in [-0.3, -0.25) is 0 Å². The summed E-state index contributed by atoms with van der Waals surface area (Å²) in [7, 11) is 0. The molecule has 4 heteroatoms. The number of nitrogen functional groups attached to an aromatic ring is 1. The van der Waals surface area contributed by atoms with Crippen molar-refractivity contribution in [1.82, 2.24) is 10.3 Å². The maximum Gasteiger partial charge on any atom is 0.0965 e. The number of thiazole rings is 1. The van der Waals surface area contributed by atoms with Crippen LogP contribution < -0.4 is 11.1 Å². The van der Waals surface area contributed by atoms with Crippen LogP contribution in [0.3, 0.4) is 0 Å². The molecule has 0 saturated heterocycles. The Labute approximate surface area is 106 Å². The van der Waals surface area contributed by atoms with Crippen molar-refractivity contribution in [1.29, 1.82) is 0 Å². The van der Waals surface area contributed by atoms with Crippen molar-refractivity contribution in [3.63, 3.8) is 0 Å². The number of aromatic nitrogens is 1. The van der Waals surface area contributed by atoms with Gasteiger partial charge in [0.05, 0.1) is 5.01 Å². The molecule has 90 valence electrons. The number of hydrogen-bond donors (Lipinski definition) is 2. The Kier molecular flexibility index (Phi) is 4.12. The molecule has 1 aromatic carbocycles. The standard InChI is InChI=1S/C13H17N3S/c1-10(13-16-5-6-17-13)8-15-9-11-3-2-4-12(14)7-11/h2-7,10,15H,8-9,14H2,1H3. The Morgan fingerprint density at radius 1 is 1.47 bits per heavy atom. The summed E-state index contributed by atoms with van der Waals surface area (Å²) in [6, 6.07) is 7.97. The highest BCUT2D eigenvalue weighted by Gasteiger charge is 2.07. The predicted molar refractivity (Wildman–Crippen MR) is 73.1 cm³/mol. The number of benzene rings is 1. The normalized spacial score (nSPS) is 12.5. The summed E-state index contributed by atoms with van der Waals surface area (Å²) in [5.41, 5.74) is 7.77. The molecule has 1 unspecified atom stereocenters. The zero-order valence-corrected chi connectivity index (χ0v) is 10.7. The molecule has 2 rings (SSSR count). The zero-order chi connectivity index (χ0) is 12.1. The van der Waals surface area contributed by atoms with E-state index in [1.165, 1.54) is 10.6 Å². The van der Waals surface area contributed by atoms with E-state index >= 15 is 0 Å². The lowest BCUT2D eigenvalue weighted by atomic mass is 10.1. The third kappa shape index (κ3) is 3.54. The first kappa shape index (κ1) is 12.1. The Bertz CT molecular complexity index is 453. The van der Waals surface area contributed by atoms with Gasteiger partial charge in [-0.2, -0.15) is 0 Å². The van der Waals surface area contributed by atoms with Gasteiger partial charge in [-0.05, 0) is 17.7 Å². The van der Waals surface area contributed by atoms with Gasteiger partial charge in [0.1, 0.15) is 0 Å². The molecular weight excluding hydrogens is 230 g/mol. The number of rotatable bonds is 5. The van der Waals surface area contributed by atoms with Crippen molar-refractivity contribution in [2.24, 2.45) is 0 Å². The first-order valence-electron chi connectivity index (χ1n) is 5.70. The van der Waals surface area contributed by atoms with Crippen molar-refractivity contribution < 1.29 is 0 Å². The smallest absolute Gasteiger partial charge is 0.0965 e. The minimum Gasteiger partial charge on any atom is -0.399 e. The fourth-order valence-corrected chi connectivity index (χ4v) is 2.40. The van der Waals surface area contributed by atoms with Crippen molar-refractivity contribution in [3.05, 3.63) is 46.4 Å². The maximum atomic E-state index is 5.73. The molecule has 0 spiro atoms. The molecule has 2 aromatic rings. The number of nitrogens with zero attached hydrogens (tertiary/aromatic N) is 1. The van der Waals surface area contributed by atoms with Crippen LogP contribution in [0.4, 0.5) is 5.69 Å². The fourth-order valence-electron chi connectivity index (χ4n) is 1.70. The van der Waals surface area contributed by atoms with Gasteiger partial charge in [0.15, 0.2) is 0 Å². The minimum absolute atomic E-state index is 0.455. The minimum atomic E-state index is 0.455. The summed E-state index contributed by atoms with van der Waals surface area (Å²) < 4.78 is 0. The summed E-state index contributed by atoms with van der Waals surface area (Å²) in [5.74, 6) is 0.455. The summed E-state index contributed by atoms with van der Waals surface area (Å²) in [5, 5.41) is 6.63. The van der Waals surface area contributed by atoms with E-state index in [1.807, 2.05) is 29.8 Å². The first-order chi connectivity index (χ1) is 8.25. The molecule has 0 bridgehead atoms. The van der Waals surface area contributed by atoms with Crippen molar-refractivity contribution >= 4 is 17.0 Å². The van der Waals surface area contributed by atoms with Gasteiger partial charge in [0.2, 0.25) is 0 Å². The molecule has 1 aromatic heterocycles. The van der Waals surface area contributed by atoms with E-state index < -0.39 is 0 Å². The van der Waals surface area contributed by atoms with Crippen molar-refractivity contribution in [2.45, 2.75) is 19.4 Å². The number of nitrogens with two attached hydrogens (primary N) is 1. The van der Waals surface area contributed by atoms with Gasteiger partial charge in [-0.15, -0.1) is 11.3 Å². The Hall–Kier alpha value is -1.39. The van der Waals surface area contributed by atoms with Gasteiger partial charge in [-0.1, -0.05) is 19.1 Å². The quantitative estimate of drug-likeness (QED) is 0.799. The highest BCUT2D eigenvalue weighted by Crippen LogP contribution is 2.16. The SMILES string of the molecule is CC(CNCc1cccc(N)c1)c1nccs1. The third-order valence-corrected chi connectivity index (χ3v) is 3.61. The van der Waals surface area contributed by atoms with E-state index in [1.54, 1.807) is 11.3 Å². The summed E-state index contributed by atoms with van der Waals surface area (Å²) >= 11 is 1.71. The van der Waals surface area contributed by atoms with Crippen molar-refractivity contribution in [3.8, 4) is 0 Å². The molecule has 17 heavy (non-hydrogen) atoms. The average molecular weight is 247 g/mol. The van der Waals surface area contributed by atoms with Crippen LogP contribution in [0.15, 0.2) is 35.8 Å². The van der Waals surface area contributed by atoms with Gasteiger partial charge < -0.3 is 11.1 Å². The molecule has 0 fully saturated rings. The van der Waals surface area contributed by atoms with E-state index in [0.29, 0.717) is 5.92 Å². The van der Waals surface area contributed by atoms with E-state index in [-0.39, 0.29) is 0 Å². The van der Waals surface area contributed by atoms with Gasteiger partial charge in [-0.25, -0.2) is 4.98 Å². The Morgan fingerprint density at radius 2 is 2.35 bits per heavy atom. The second kappa shape index (κ2) is 5.80. The maximum absolute atomic E-state index is 5.73. The van der Waals surface area contributed by atoms with E-state index in [2.05, 4.69) is 23.3 Å². The van der Waals surface area contributed by atoms with Gasteiger partial charge in [0, 0.05) is 36.3 Å². The van der Waals surface area contributed by atoms with Gasteiger partial charge >= 0.3 is 0 Å². The molecule has 1 atom stereocenters. The topological polar surface area (TPSA) is 50.9 Å². The number of anilines is 1. The van der Waals surface area contributed by atoms with Crippen LogP contribution in [0.5, 0.6) is 0 Å². The average Bonchev–Trinajstić information content (AvgIpc) is 2.82. The summed E-state index contributed by atoms with van der Waals surface area (Å²) in [6.07, 6.45) is 1.86. The van der Waals surface area contributed by atoms with E-state index in [0.717, 1.165) is 18.8 Å². The molecule has 3 nitrogen and oxygen atoms in total. The molecule has 0 amide bonds. The summed E-state index contributed by atoms with van der Waals surface area (Å²) in [4.78, 5) is 4.31. The second-order valence-corrected chi connectivity index (χ2v) is 5.07. The van der Waals surface area contributed by atoms with Crippen LogP contribution >= 0.6 is 11.3 Å². The molecular formula is C13H17N3S. The molecule has 3 N–H and O–H groups in total. The Morgan fingerprint density at radius 3 is 3.06 bits per heavy atom. The lowest BCUT2D eigenvalue weighted by Crippen LogP contribution is -2.19. The summed E-state index contributed by atoms with van der Waals surface area (Å²) in [6.45, 7) is 3.97. The van der Waals surface area contributed by atoms with Crippen LogP contribution in [0.2, 0.25) is 0 Å².